The van der Waals surface area contributed by atoms with Crippen LogP contribution in [-0.2, 0) is 35.5 Å². The fourth-order valence-electron chi connectivity index (χ4n) is 4.00. The maximum Gasteiger partial charge on any atom is 0.242 e. The summed E-state index contributed by atoms with van der Waals surface area (Å²) in [4.78, 5) is 31.8. The van der Waals surface area contributed by atoms with Crippen molar-refractivity contribution in [2.45, 2.75) is 32.4 Å². The second kappa shape index (κ2) is 11.3. The van der Waals surface area contributed by atoms with E-state index >= 15 is 0 Å². The van der Waals surface area contributed by atoms with Crippen LogP contribution in [-0.4, -0.2) is 39.9 Å². The zero-order valence-corrected chi connectivity index (χ0v) is 19.5. The first-order valence-corrected chi connectivity index (χ1v) is 11.6. The van der Waals surface area contributed by atoms with Crippen LogP contribution >= 0.6 is 0 Å². The molecule has 0 unspecified atom stereocenters. The highest BCUT2D eigenvalue weighted by Gasteiger charge is 2.16. The average Bonchev–Trinajstić information content (AvgIpc) is 3.21. The highest BCUT2D eigenvalue weighted by atomic mass is 16.2. The Labute approximate surface area is 200 Å². The molecule has 6 heteroatoms. The number of hydrogen-bond donors (Lipinski definition) is 1. The molecule has 1 aromatic heterocycles. The Morgan fingerprint density at radius 2 is 1.50 bits per heavy atom. The Bertz CT molecular complexity index is 1240. The molecule has 1 N–H and O–H groups in total. The highest BCUT2D eigenvalue weighted by Crippen LogP contribution is 2.17. The molecule has 0 fully saturated rings. The molecule has 174 valence electrons. The van der Waals surface area contributed by atoms with E-state index in [4.69, 9.17) is 4.98 Å². The number of rotatable bonds is 10. The summed E-state index contributed by atoms with van der Waals surface area (Å²) in [5.41, 5.74) is 4.02. The van der Waals surface area contributed by atoms with Crippen molar-refractivity contribution in [1.29, 1.82) is 0 Å². The molecule has 0 radical (unpaired) electrons. The van der Waals surface area contributed by atoms with Crippen LogP contribution in [0.2, 0.25) is 0 Å². The number of nitrogens with one attached hydrogen (secondary N) is 1. The quantitative estimate of drug-likeness (QED) is 0.394. The second-order valence-corrected chi connectivity index (χ2v) is 8.42. The number of carbonyl (C=O) groups is 2. The lowest BCUT2D eigenvalue weighted by molar-refractivity contribution is -0.131. The minimum absolute atomic E-state index is 0.0140. The first-order chi connectivity index (χ1) is 16.6. The number of benzene rings is 3. The van der Waals surface area contributed by atoms with Crippen LogP contribution in [0, 0.1) is 0 Å². The Kier molecular flexibility index (Phi) is 7.71. The predicted octanol–water partition coefficient (Wildman–Crippen LogP) is 3.99. The Hall–Kier alpha value is -3.93. The highest BCUT2D eigenvalue weighted by molar-refractivity contribution is 5.81. The fraction of sp³-hybridized carbons (Fsp3) is 0.250. The van der Waals surface area contributed by atoms with Crippen molar-refractivity contribution in [2.75, 3.05) is 13.6 Å². The van der Waals surface area contributed by atoms with Crippen molar-refractivity contribution < 1.29 is 9.59 Å². The third-order valence-electron chi connectivity index (χ3n) is 5.87. The lowest BCUT2D eigenvalue weighted by Crippen LogP contribution is -2.31. The van der Waals surface area contributed by atoms with E-state index in [0.717, 1.165) is 28.0 Å². The van der Waals surface area contributed by atoms with Gasteiger partial charge in [0.25, 0.3) is 0 Å². The van der Waals surface area contributed by atoms with Crippen molar-refractivity contribution in [1.82, 2.24) is 19.8 Å². The topological polar surface area (TPSA) is 67.2 Å². The van der Waals surface area contributed by atoms with E-state index in [9.17, 15) is 9.59 Å². The second-order valence-electron chi connectivity index (χ2n) is 8.42. The van der Waals surface area contributed by atoms with Gasteiger partial charge in [0.05, 0.1) is 11.0 Å². The lowest BCUT2D eigenvalue weighted by atomic mass is 10.1. The van der Waals surface area contributed by atoms with E-state index in [2.05, 4.69) is 5.32 Å². The molecule has 0 aliphatic carbocycles. The number of amides is 2. The number of fused-ring (bicyclic) bond motifs is 1. The van der Waals surface area contributed by atoms with Gasteiger partial charge in [0, 0.05) is 33.0 Å². The van der Waals surface area contributed by atoms with Gasteiger partial charge in [-0.2, -0.15) is 0 Å². The normalized spacial score (nSPS) is 10.9. The summed E-state index contributed by atoms with van der Waals surface area (Å²) in [6.45, 7) is 1.24. The summed E-state index contributed by atoms with van der Waals surface area (Å²) in [6, 6.07) is 27.8. The average molecular weight is 455 g/mol. The molecule has 0 aliphatic rings. The van der Waals surface area contributed by atoms with Gasteiger partial charge in [-0.15, -0.1) is 0 Å². The Morgan fingerprint density at radius 1 is 0.853 bits per heavy atom. The van der Waals surface area contributed by atoms with Crippen molar-refractivity contribution in [3.8, 4) is 0 Å². The van der Waals surface area contributed by atoms with Gasteiger partial charge in [0.15, 0.2) is 0 Å². The first-order valence-electron chi connectivity index (χ1n) is 11.6. The monoisotopic (exact) mass is 454 g/mol. The maximum atomic E-state index is 13.0. The molecule has 0 bridgehead atoms. The molecule has 4 rings (SSSR count). The van der Waals surface area contributed by atoms with Gasteiger partial charge >= 0.3 is 0 Å². The van der Waals surface area contributed by atoms with E-state index in [0.29, 0.717) is 32.4 Å². The molecule has 4 aromatic rings. The van der Waals surface area contributed by atoms with Crippen LogP contribution in [0.25, 0.3) is 11.0 Å². The van der Waals surface area contributed by atoms with Gasteiger partial charge < -0.3 is 14.8 Å². The van der Waals surface area contributed by atoms with Crippen LogP contribution < -0.4 is 5.32 Å². The number of nitrogens with zero attached hydrogens (tertiary/aromatic N) is 3. The lowest BCUT2D eigenvalue weighted by Gasteiger charge is -2.19. The van der Waals surface area contributed by atoms with Gasteiger partial charge in [-0.25, -0.2) is 4.98 Å². The molecule has 6 nitrogen and oxygen atoms in total. The fourth-order valence-corrected chi connectivity index (χ4v) is 4.00. The molecule has 3 aromatic carbocycles. The number of aryl methyl sites for hydroxylation is 1. The van der Waals surface area contributed by atoms with Crippen LogP contribution in [0.15, 0.2) is 84.9 Å². The van der Waals surface area contributed by atoms with E-state index in [1.165, 1.54) is 0 Å². The summed E-state index contributed by atoms with van der Waals surface area (Å²) in [6.07, 6.45) is 1.72. The molecule has 0 spiro atoms. The van der Waals surface area contributed by atoms with Crippen molar-refractivity contribution in [3.05, 3.63) is 102 Å². The van der Waals surface area contributed by atoms with Gasteiger partial charge in [0.1, 0.15) is 12.4 Å². The summed E-state index contributed by atoms with van der Waals surface area (Å²) in [5, 5.41) is 2.99. The predicted molar refractivity (Wildman–Crippen MR) is 134 cm³/mol. The number of hydrogen-bond acceptors (Lipinski definition) is 3. The third-order valence-corrected chi connectivity index (χ3v) is 5.87. The van der Waals surface area contributed by atoms with Crippen LogP contribution in [0.1, 0.15) is 23.4 Å². The Morgan fingerprint density at radius 3 is 2.24 bits per heavy atom. The summed E-state index contributed by atoms with van der Waals surface area (Å²) in [5.74, 6) is 0.830. The van der Waals surface area contributed by atoms with Crippen molar-refractivity contribution >= 4 is 22.8 Å². The van der Waals surface area contributed by atoms with E-state index in [1.807, 2.05) is 96.5 Å². The smallest absolute Gasteiger partial charge is 0.242 e. The molecule has 34 heavy (non-hydrogen) atoms. The van der Waals surface area contributed by atoms with Crippen LogP contribution in [0.4, 0.5) is 0 Å². The largest absolute Gasteiger partial charge is 0.356 e. The Balaban J connectivity index is 1.37. The van der Waals surface area contributed by atoms with Crippen molar-refractivity contribution in [2.24, 2.45) is 0 Å². The minimum Gasteiger partial charge on any atom is -0.356 e. The molecular formula is C28H30N4O2. The van der Waals surface area contributed by atoms with Crippen LogP contribution in [0.3, 0.4) is 0 Å². The van der Waals surface area contributed by atoms with E-state index in [1.54, 1.807) is 4.90 Å². The maximum absolute atomic E-state index is 13.0. The SMILES string of the molecule is CN(Cc1ccccc1)C(=O)Cn1c(CCNC(=O)CCc2ccccc2)nc2ccccc21. The summed E-state index contributed by atoms with van der Waals surface area (Å²) >= 11 is 0. The van der Waals surface area contributed by atoms with Gasteiger partial charge in [-0.05, 0) is 29.7 Å². The standard InChI is InChI=1S/C28H30N4O2/c1-31(20-23-12-6-3-7-13-23)28(34)21-32-25-15-9-8-14-24(25)30-26(32)18-19-29-27(33)17-16-22-10-4-2-5-11-22/h2-15H,16-21H2,1H3,(H,29,33). The molecule has 2 amide bonds. The van der Waals surface area contributed by atoms with Crippen LogP contribution in [0.5, 0.6) is 0 Å². The molecule has 0 saturated carbocycles. The molecule has 0 aliphatic heterocycles. The van der Waals surface area contributed by atoms with Gasteiger partial charge in [-0.3, -0.25) is 9.59 Å². The zero-order valence-electron chi connectivity index (χ0n) is 19.5. The third kappa shape index (κ3) is 6.10. The first kappa shape index (κ1) is 23.2. The van der Waals surface area contributed by atoms with Crippen molar-refractivity contribution in [3.63, 3.8) is 0 Å². The number of aromatic nitrogens is 2. The molecule has 0 atom stereocenters. The zero-order chi connectivity index (χ0) is 23.8. The number of para-hydroxylation sites is 2. The van der Waals surface area contributed by atoms with Gasteiger partial charge in [0.2, 0.25) is 11.8 Å². The van der Waals surface area contributed by atoms with E-state index < -0.39 is 0 Å². The van der Waals surface area contributed by atoms with E-state index in [-0.39, 0.29) is 18.4 Å². The summed E-state index contributed by atoms with van der Waals surface area (Å²) in [7, 11) is 1.82. The molecule has 0 saturated heterocycles. The molecular weight excluding hydrogens is 424 g/mol. The minimum atomic E-state index is 0.0140. The summed E-state index contributed by atoms with van der Waals surface area (Å²) < 4.78 is 1.97. The number of likely N-dealkylation sites (N-methyl/N-ethyl adjacent to an activating group) is 1. The molecule has 1 heterocycles. The number of imidazole rings is 1. The number of carbonyl (C=O) groups excluding carboxylic acids is 2. The van der Waals surface area contributed by atoms with Gasteiger partial charge in [-0.1, -0.05) is 72.8 Å².